The van der Waals surface area contributed by atoms with Gasteiger partial charge in [0.2, 0.25) is 0 Å². The van der Waals surface area contributed by atoms with Crippen LogP contribution in [0.5, 0.6) is 5.75 Å². The molecule has 1 aromatic carbocycles. The van der Waals surface area contributed by atoms with Crippen molar-refractivity contribution in [2.24, 2.45) is 0 Å². The number of aromatic nitrogens is 2. The first-order chi connectivity index (χ1) is 8.58. The van der Waals surface area contributed by atoms with E-state index in [4.69, 9.17) is 10.5 Å². The number of methoxy groups -OCH3 is 1. The van der Waals surface area contributed by atoms with Crippen LogP contribution in [0.15, 0.2) is 18.2 Å². The number of ether oxygens (including phenoxy) is 1. The summed E-state index contributed by atoms with van der Waals surface area (Å²) in [6, 6.07) is 5.99. The number of benzene rings is 1. The van der Waals surface area contributed by atoms with E-state index in [9.17, 15) is 0 Å². The maximum absolute atomic E-state index is 6.14. The number of aryl methyl sites for hydroxylation is 2. The van der Waals surface area contributed by atoms with Crippen LogP contribution in [0.4, 0.5) is 5.82 Å². The predicted octanol–water partition coefficient (Wildman–Crippen LogP) is 2.78. The van der Waals surface area contributed by atoms with E-state index in [2.05, 4.69) is 18.0 Å². The minimum Gasteiger partial charge on any atom is -0.496 e. The Morgan fingerprint density at radius 3 is 2.56 bits per heavy atom. The summed E-state index contributed by atoms with van der Waals surface area (Å²) in [7, 11) is 1.67. The van der Waals surface area contributed by atoms with Crippen molar-refractivity contribution in [3.63, 3.8) is 0 Å². The molecule has 0 spiro atoms. The minimum atomic E-state index is 0.722. The number of hydrogen-bond donors (Lipinski definition) is 1. The Morgan fingerprint density at radius 1 is 1.33 bits per heavy atom. The Hall–Kier alpha value is -1.97. The van der Waals surface area contributed by atoms with Crippen LogP contribution in [0.3, 0.4) is 0 Å². The predicted molar refractivity (Wildman–Crippen MR) is 73.8 cm³/mol. The van der Waals surface area contributed by atoms with E-state index in [0.717, 1.165) is 40.8 Å². The lowest BCUT2D eigenvalue weighted by Crippen LogP contribution is -2.02. The van der Waals surface area contributed by atoms with Crippen molar-refractivity contribution < 1.29 is 4.74 Å². The summed E-state index contributed by atoms with van der Waals surface area (Å²) in [6.45, 7) is 6.88. The van der Waals surface area contributed by atoms with E-state index < -0.39 is 0 Å². The molecule has 2 N–H and O–H groups in total. The Kier molecular flexibility index (Phi) is 3.28. The van der Waals surface area contributed by atoms with Crippen LogP contribution in [0.25, 0.3) is 11.3 Å². The average molecular weight is 245 g/mol. The molecule has 0 fully saturated rings. The maximum Gasteiger partial charge on any atom is 0.131 e. The summed E-state index contributed by atoms with van der Waals surface area (Å²) in [4.78, 5) is 4.55. The van der Waals surface area contributed by atoms with Gasteiger partial charge in [-0.15, -0.1) is 0 Å². The van der Waals surface area contributed by atoms with Crippen molar-refractivity contribution in [3.8, 4) is 17.0 Å². The lowest BCUT2D eigenvalue weighted by molar-refractivity contribution is 0.412. The summed E-state index contributed by atoms with van der Waals surface area (Å²) < 4.78 is 7.27. The van der Waals surface area contributed by atoms with Crippen molar-refractivity contribution in [2.75, 3.05) is 12.8 Å². The maximum atomic E-state index is 6.14. The molecule has 0 atom stereocenters. The van der Waals surface area contributed by atoms with E-state index in [1.807, 2.05) is 30.5 Å². The van der Waals surface area contributed by atoms with Crippen LogP contribution < -0.4 is 10.5 Å². The lowest BCUT2D eigenvalue weighted by atomic mass is 10.1. The number of imidazole rings is 1. The van der Waals surface area contributed by atoms with Crippen molar-refractivity contribution in [3.05, 3.63) is 29.6 Å². The second kappa shape index (κ2) is 4.72. The van der Waals surface area contributed by atoms with Crippen LogP contribution in [0.2, 0.25) is 0 Å². The normalized spacial score (nSPS) is 10.7. The fourth-order valence-corrected chi connectivity index (χ4v) is 2.22. The van der Waals surface area contributed by atoms with Gasteiger partial charge in [0.15, 0.2) is 0 Å². The Bertz CT molecular complexity index is 573. The first kappa shape index (κ1) is 12.5. The van der Waals surface area contributed by atoms with Crippen molar-refractivity contribution >= 4 is 5.82 Å². The highest BCUT2D eigenvalue weighted by Crippen LogP contribution is 2.29. The molecule has 0 aliphatic heterocycles. The first-order valence-electron chi connectivity index (χ1n) is 6.06. The van der Waals surface area contributed by atoms with Gasteiger partial charge < -0.3 is 15.0 Å². The summed E-state index contributed by atoms with van der Waals surface area (Å²) >= 11 is 0. The summed E-state index contributed by atoms with van der Waals surface area (Å²) in [6.07, 6.45) is 0. The van der Waals surface area contributed by atoms with Crippen molar-refractivity contribution in [1.29, 1.82) is 0 Å². The molecule has 0 aliphatic rings. The number of nitrogens with two attached hydrogens (primary N) is 1. The molecular weight excluding hydrogens is 226 g/mol. The molecule has 4 heteroatoms. The van der Waals surface area contributed by atoms with E-state index in [1.54, 1.807) is 7.11 Å². The second-order valence-electron chi connectivity index (χ2n) is 4.32. The fraction of sp³-hybridized carbons (Fsp3) is 0.357. The molecule has 0 aliphatic carbocycles. The van der Waals surface area contributed by atoms with Gasteiger partial charge in [-0.05, 0) is 44.5 Å². The molecule has 0 unspecified atom stereocenters. The van der Waals surface area contributed by atoms with E-state index in [-0.39, 0.29) is 0 Å². The van der Waals surface area contributed by atoms with Crippen LogP contribution in [-0.2, 0) is 6.54 Å². The zero-order valence-corrected chi connectivity index (χ0v) is 11.3. The van der Waals surface area contributed by atoms with Gasteiger partial charge >= 0.3 is 0 Å². The number of nitrogen functional groups attached to an aromatic ring is 1. The third-order valence-electron chi connectivity index (χ3n) is 3.18. The summed E-state index contributed by atoms with van der Waals surface area (Å²) in [5.74, 6) is 2.54. The van der Waals surface area contributed by atoms with Gasteiger partial charge in [-0.25, -0.2) is 4.98 Å². The molecule has 0 radical (unpaired) electrons. The molecule has 4 nitrogen and oxygen atoms in total. The Balaban J connectivity index is 2.52. The summed E-state index contributed by atoms with van der Waals surface area (Å²) in [5, 5.41) is 0. The van der Waals surface area contributed by atoms with Crippen LogP contribution >= 0.6 is 0 Å². The van der Waals surface area contributed by atoms with E-state index in [1.165, 1.54) is 0 Å². The van der Waals surface area contributed by atoms with Gasteiger partial charge in [0.05, 0.1) is 7.11 Å². The number of anilines is 1. The van der Waals surface area contributed by atoms with Gasteiger partial charge in [0.25, 0.3) is 0 Å². The number of rotatable bonds is 3. The second-order valence-corrected chi connectivity index (χ2v) is 4.32. The van der Waals surface area contributed by atoms with Crippen LogP contribution in [0, 0.1) is 13.8 Å². The molecule has 96 valence electrons. The van der Waals surface area contributed by atoms with Crippen molar-refractivity contribution in [2.45, 2.75) is 27.3 Å². The molecule has 0 saturated carbocycles. The lowest BCUT2D eigenvalue weighted by Gasteiger charge is -2.07. The molecule has 0 amide bonds. The molecule has 2 aromatic rings. The standard InChI is InChI=1S/C14H19N3O/c1-5-17-10(3)16-13(14(17)15)11-6-7-12(18-4)9(2)8-11/h6-8H,5,15H2,1-4H3. The molecule has 18 heavy (non-hydrogen) atoms. The van der Waals surface area contributed by atoms with Gasteiger partial charge in [-0.3, -0.25) is 0 Å². The zero-order chi connectivity index (χ0) is 13.3. The average Bonchev–Trinajstić information content (AvgIpc) is 2.64. The smallest absolute Gasteiger partial charge is 0.131 e. The van der Waals surface area contributed by atoms with E-state index in [0.29, 0.717) is 0 Å². The highest BCUT2D eigenvalue weighted by molar-refractivity contribution is 5.72. The van der Waals surface area contributed by atoms with Crippen LogP contribution in [0.1, 0.15) is 18.3 Å². The molecular formula is C14H19N3O. The number of hydrogen-bond acceptors (Lipinski definition) is 3. The molecule has 0 bridgehead atoms. The molecule has 1 heterocycles. The van der Waals surface area contributed by atoms with E-state index >= 15 is 0 Å². The minimum absolute atomic E-state index is 0.722. The van der Waals surface area contributed by atoms with Gasteiger partial charge in [0, 0.05) is 12.1 Å². The quantitative estimate of drug-likeness (QED) is 0.904. The zero-order valence-electron chi connectivity index (χ0n) is 11.3. The largest absolute Gasteiger partial charge is 0.496 e. The Morgan fingerprint density at radius 2 is 2.06 bits per heavy atom. The third kappa shape index (κ3) is 1.94. The molecule has 1 aromatic heterocycles. The van der Waals surface area contributed by atoms with Crippen molar-refractivity contribution in [1.82, 2.24) is 9.55 Å². The fourth-order valence-electron chi connectivity index (χ4n) is 2.22. The highest BCUT2D eigenvalue weighted by atomic mass is 16.5. The monoisotopic (exact) mass is 245 g/mol. The third-order valence-corrected chi connectivity index (χ3v) is 3.18. The van der Waals surface area contributed by atoms with Gasteiger partial charge in [0.1, 0.15) is 23.1 Å². The SMILES string of the molecule is CCn1c(C)nc(-c2ccc(OC)c(C)c2)c1N. The molecule has 2 rings (SSSR count). The highest BCUT2D eigenvalue weighted by Gasteiger charge is 2.13. The Labute approximate surface area is 107 Å². The summed E-state index contributed by atoms with van der Waals surface area (Å²) in [5.41, 5.74) is 9.09. The van der Waals surface area contributed by atoms with Gasteiger partial charge in [-0.2, -0.15) is 0 Å². The van der Waals surface area contributed by atoms with Gasteiger partial charge in [-0.1, -0.05) is 0 Å². The molecule has 0 saturated heterocycles. The topological polar surface area (TPSA) is 53.1 Å². The van der Waals surface area contributed by atoms with Crippen LogP contribution in [-0.4, -0.2) is 16.7 Å². The number of nitrogens with zero attached hydrogens (tertiary/aromatic N) is 2. The first-order valence-corrected chi connectivity index (χ1v) is 6.06.